The van der Waals surface area contributed by atoms with E-state index in [1.54, 1.807) is 11.0 Å². The number of carbonyl (C=O) groups excluding carboxylic acids is 2. The highest BCUT2D eigenvalue weighted by Crippen LogP contribution is 2.26. The number of fused-ring (bicyclic) bond motifs is 1. The Labute approximate surface area is 157 Å². The number of hydrogen-bond donors (Lipinski definition) is 0. The van der Waals surface area contributed by atoms with Gasteiger partial charge < -0.3 is 4.90 Å². The SMILES string of the molecule is O=C(c1cccc2ccccc12)[C@H]1CCCN(C(=O)CCn2cncn2)C1. The minimum Gasteiger partial charge on any atom is -0.342 e. The van der Waals surface area contributed by atoms with Gasteiger partial charge in [0.1, 0.15) is 12.7 Å². The molecular formula is C21H22N4O2. The standard InChI is InChI=1S/C21H22N4O2/c26-20(10-12-25-15-22-14-23-25)24-11-4-7-17(13-24)21(27)19-9-3-6-16-5-1-2-8-18(16)19/h1-3,5-6,8-9,14-15,17H,4,7,10-13H2/t17-/m0/s1. The minimum atomic E-state index is -0.139. The highest BCUT2D eigenvalue weighted by atomic mass is 16.2. The first-order chi connectivity index (χ1) is 13.2. The number of piperidine rings is 1. The molecule has 1 saturated heterocycles. The molecule has 1 fully saturated rings. The molecule has 1 aliphatic heterocycles. The average Bonchev–Trinajstić information content (AvgIpc) is 3.25. The maximum atomic E-state index is 13.2. The fourth-order valence-electron chi connectivity index (χ4n) is 3.79. The van der Waals surface area contributed by atoms with Crippen LogP contribution in [0, 0.1) is 5.92 Å². The normalized spacial score (nSPS) is 17.2. The van der Waals surface area contributed by atoms with E-state index in [9.17, 15) is 9.59 Å². The van der Waals surface area contributed by atoms with E-state index >= 15 is 0 Å². The molecule has 0 unspecified atom stereocenters. The lowest BCUT2D eigenvalue weighted by Crippen LogP contribution is -2.42. The summed E-state index contributed by atoms with van der Waals surface area (Å²) in [6, 6.07) is 13.8. The lowest BCUT2D eigenvalue weighted by atomic mass is 9.88. The number of rotatable bonds is 5. The summed E-state index contributed by atoms with van der Waals surface area (Å²) < 4.78 is 1.65. The monoisotopic (exact) mass is 362 g/mol. The van der Waals surface area contributed by atoms with Crippen LogP contribution in [0.25, 0.3) is 10.8 Å². The third-order valence-corrected chi connectivity index (χ3v) is 5.22. The number of aromatic nitrogens is 3. The summed E-state index contributed by atoms with van der Waals surface area (Å²) in [6.45, 7) is 1.73. The first-order valence-electron chi connectivity index (χ1n) is 9.34. The lowest BCUT2D eigenvalue weighted by Gasteiger charge is -2.32. The number of likely N-dealkylation sites (tertiary alicyclic amines) is 1. The maximum absolute atomic E-state index is 13.2. The Morgan fingerprint density at radius 2 is 1.96 bits per heavy atom. The van der Waals surface area contributed by atoms with Gasteiger partial charge in [0.15, 0.2) is 5.78 Å². The highest BCUT2D eigenvalue weighted by Gasteiger charge is 2.29. The van der Waals surface area contributed by atoms with Gasteiger partial charge in [-0.2, -0.15) is 5.10 Å². The van der Waals surface area contributed by atoms with Crippen molar-refractivity contribution in [2.24, 2.45) is 5.92 Å². The van der Waals surface area contributed by atoms with Gasteiger partial charge in [-0.05, 0) is 23.6 Å². The fraction of sp³-hybridized carbons (Fsp3) is 0.333. The van der Waals surface area contributed by atoms with Crippen LogP contribution in [0.1, 0.15) is 29.6 Å². The van der Waals surface area contributed by atoms with Crippen molar-refractivity contribution in [2.45, 2.75) is 25.8 Å². The number of carbonyl (C=O) groups is 2. The van der Waals surface area contributed by atoms with E-state index in [-0.39, 0.29) is 17.6 Å². The summed E-state index contributed by atoms with van der Waals surface area (Å²) in [6.07, 6.45) is 5.13. The topological polar surface area (TPSA) is 68.1 Å². The number of amides is 1. The fourth-order valence-corrected chi connectivity index (χ4v) is 3.79. The molecule has 6 nitrogen and oxygen atoms in total. The van der Waals surface area contributed by atoms with E-state index in [4.69, 9.17) is 0 Å². The van der Waals surface area contributed by atoms with E-state index in [0.29, 0.717) is 19.5 Å². The maximum Gasteiger partial charge on any atom is 0.224 e. The molecule has 1 aliphatic rings. The van der Waals surface area contributed by atoms with Gasteiger partial charge in [-0.15, -0.1) is 0 Å². The molecular weight excluding hydrogens is 340 g/mol. The molecule has 4 rings (SSSR count). The number of nitrogens with zero attached hydrogens (tertiary/aromatic N) is 4. The zero-order valence-corrected chi connectivity index (χ0v) is 15.1. The van der Waals surface area contributed by atoms with Crippen LogP contribution in [0.3, 0.4) is 0 Å². The molecule has 6 heteroatoms. The van der Waals surface area contributed by atoms with E-state index in [2.05, 4.69) is 10.1 Å². The minimum absolute atomic E-state index is 0.0703. The molecule has 2 aromatic carbocycles. The van der Waals surface area contributed by atoms with Crippen molar-refractivity contribution in [3.63, 3.8) is 0 Å². The largest absolute Gasteiger partial charge is 0.342 e. The summed E-state index contributed by atoms with van der Waals surface area (Å²) in [7, 11) is 0. The van der Waals surface area contributed by atoms with E-state index in [1.165, 1.54) is 6.33 Å². The summed E-state index contributed by atoms with van der Waals surface area (Å²) in [5.41, 5.74) is 0.759. The Balaban J connectivity index is 1.45. The summed E-state index contributed by atoms with van der Waals surface area (Å²) in [5, 5.41) is 6.08. The third-order valence-electron chi connectivity index (χ3n) is 5.22. The van der Waals surface area contributed by atoms with Crippen molar-refractivity contribution >= 4 is 22.5 Å². The van der Waals surface area contributed by atoms with Gasteiger partial charge in [0.25, 0.3) is 0 Å². The number of hydrogen-bond acceptors (Lipinski definition) is 4. The van der Waals surface area contributed by atoms with Gasteiger partial charge in [-0.3, -0.25) is 14.3 Å². The van der Waals surface area contributed by atoms with Crippen molar-refractivity contribution in [3.8, 4) is 0 Å². The van der Waals surface area contributed by atoms with Gasteiger partial charge in [0, 0.05) is 31.0 Å². The molecule has 0 spiro atoms. The molecule has 27 heavy (non-hydrogen) atoms. The van der Waals surface area contributed by atoms with Crippen LogP contribution in [-0.2, 0) is 11.3 Å². The Morgan fingerprint density at radius 3 is 2.81 bits per heavy atom. The van der Waals surface area contributed by atoms with Gasteiger partial charge in [-0.1, -0.05) is 42.5 Å². The Bertz CT molecular complexity index is 946. The lowest BCUT2D eigenvalue weighted by molar-refractivity contribution is -0.132. The van der Waals surface area contributed by atoms with Crippen molar-refractivity contribution in [1.82, 2.24) is 19.7 Å². The molecule has 3 aromatic rings. The van der Waals surface area contributed by atoms with Gasteiger partial charge in [-0.25, -0.2) is 4.98 Å². The molecule has 1 atom stereocenters. The summed E-state index contributed by atoms with van der Waals surface area (Å²) >= 11 is 0. The second-order valence-electron chi connectivity index (χ2n) is 6.98. The molecule has 138 valence electrons. The summed E-state index contributed by atoms with van der Waals surface area (Å²) in [4.78, 5) is 31.4. The van der Waals surface area contributed by atoms with E-state index in [1.807, 2.05) is 47.4 Å². The molecule has 0 bridgehead atoms. The first-order valence-corrected chi connectivity index (χ1v) is 9.34. The molecule has 0 aliphatic carbocycles. The zero-order chi connectivity index (χ0) is 18.6. The Kier molecular flexibility index (Phi) is 4.96. The number of aryl methyl sites for hydroxylation is 1. The van der Waals surface area contributed by atoms with Crippen LogP contribution in [0.2, 0.25) is 0 Å². The Hall–Kier alpha value is -3.02. The van der Waals surface area contributed by atoms with Crippen LogP contribution in [-0.4, -0.2) is 44.4 Å². The van der Waals surface area contributed by atoms with Crippen LogP contribution in [0.15, 0.2) is 55.1 Å². The predicted octanol–water partition coefficient (Wildman–Crippen LogP) is 2.94. The smallest absolute Gasteiger partial charge is 0.224 e. The van der Waals surface area contributed by atoms with Crippen LogP contribution >= 0.6 is 0 Å². The van der Waals surface area contributed by atoms with Crippen LogP contribution < -0.4 is 0 Å². The van der Waals surface area contributed by atoms with Crippen molar-refractivity contribution in [2.75, 3.05) is 13.1 Å². The Morgan fingerprint density at radius 1 is 1.11 bits per heavy atom. The number of ketones is 1. The summed E-state index contributed by atoms with van der Waals surface area (Å²) in [5.74, 6) is 0.0707. The zero-order valence-electron chi connectivity index (χ0n) is 15.1. The van der Waals surface area contributed by atoms with Crippen molar-refractivity contribution in [3.05, 3.63) is 60.7 Å². The van der Waals surface area contributed by atoms with Gasteiger partial charge in [0.05, 0.1) is 6.54 Å². The molecule has 1 aromatic heterocycles. The number of Topliss-reactive ketones (excluding diaryl/α,β-unsaturated/α-hetero) is 1. The van der Waals surface area contributed by atoms with Crippen molar-refractivity contribution < 1.29 is 9.59 Å². The highest BCUT2D eigenvalue weighted by molar-refractivity contribution is 6.09. The van der Waals surface area contributed by atoms with E-state index in [0.717, 1.165) is 35.7 Å². The molecule has 2 heterocycles. The second-order valence-corrected chi connectivity index (χ2v) is 6.98. The van der Waals surface area contributed by atoms with Crippen LogP contribution in [0.5, 0.6) is 0 Å². The third kappa shape index (κ3) is 3.74. The number of benzene rings is 2. The van der Waals surface area contributed by atoms with Gasteiger partial charge in [0.2, 0.25) is 5.91 Å². The predicted molar refractivity (Wildman–Crippen MR) is 102 cm³/mol. The van der Waals surface area contributed by atoms with E-state index < -0.39 is 0 Å². The molecule has 1 amide bonds. The average molecular weight is 362 g/mol. The van der Waals surface area contributed by atoms with Crippen molar-refractivity contribution in [1.29, 1.82) is 0 Å². The molecule has 0 N–H and O–H groups in total. The quantitative estimate of drug-likeness (QED) is 0.655. The first kappa shape index (κ1) is 17.4. The van der Waals surface area contributed by atoms with Crippen LogP contribution in [0.4, 0.5) is 0 Å². The molecule has 0 radical (unpaired) electrons. The second kappa shape index (κ2) is 7.70. The molecule has 0 saturated carbocycles. The van der Waals surface area contributed by atoms with Gasteiger partial charge >= 0.3 is 0 Å².